The molecule has 1 saturated heterocycles. The van der Waals surface area contributed by atoms with Crippen LogP contribution in [-0.2, 0) is 0 Å². The number of nitrogens with zero attached hydrogens (tertiary/aromatic N) is 3. The molecular weight excluding hydrogens is 174 g/mol. The molecule has 3 heteroatoms. The Balaban J connectivity index is 2.29. The summed E-state index contributed by atoms with van der Waals surface area (Å²) in [5, 5.41) is 9.02. The predicted molar refractivity (Wildman–Crippen MR) is 53.3 cm³/mol. The highest BCUT2D eigenvalue weighted by atomic mass is 15.2. The van der Waals surface area contributed by atoms with Gasteiger partial charge >= 0.3 is 0 Å². The summed E-state index contributed by atoms with van der Waals surface area (Å²) in [4.78, 5) is 6.32. The highest BCUT2D eigenvalue weighted by molar-refractivity contribution is 5.19. The van der Waals surface area contributed by atoms with E-state index in [4.69, 9.17) is 5.26 Å². The van der Waals surface area contributed by atoms with Crippen LogP contribution in [-0.4, -0.2) is 23.5 Å². The zero-order valence-electron chi connectivity index (χ0n) is 8.22. The lowest BCUT2D eigenvalue weighted by molar-refractivity contribution is 0.298. The second kappa shape index (κ2) is 3.77. The molecular formula is C11H13N3. The molecule has 0 aliphatic carbocycles. The van der Waals surface area contributed by atoms with Gasteiger partial charge in [-0.1, -0.05) is 6.07 Å². The molecule has 1 aliphatic rings. The normalized spacial score (nSPS) is 27.4. The van der Waals surface area contributed by atoms with Crippen LogP contribution >= 0.6 is 0 Å². The maximum atomic E-state index is 9.02. The summed E-state index contributed by atoms with van der Waals surface area (Å²) in [5.41, 5.74) is 1.15. The lowest BCUT2D eigenvalue weighted by Crippen LogP contribution is -2.20. The third-order valence-electron chi connectivity index (χ3n) is 2.84. The summed E-state index contributed by atoms with van der Waals surface area (Å²) in [6.07, 6.45) is 4.59. The van der Waals surface area contributed by atoms with Gasteiger partial charge in [0.05, 0.1) is 18.0 Å². The van der Waals surface area contributed by atoms with Crippen LogP contribution in [0.15, 0.2) is 24.5 Å². The van der Waals surface area contributed by atoms with Crippen molar-refractivity contribution in [2.24, 2.45) is 5.92 Å². The Labute approximate surface area is 84.0 Å². The van der Waals surface area contributed by atoms with Gasteiger partial charge in [-0.15, -0.1) is 0 Å². The van der Waals surface area contributed by atoms with E-state index in [0.29, 0.717) is 0 Å². The minimum absolute atomic E-state index is 0.115. The Kier molecular flexibility index (Phi) is 2.47. The monoisotopic (exact) mass is 187 g/mol. The van der Waals surface area contributed by atoms with Crippen LogP contribution in [0, 0.1) is 17.2 Å². The fourth-order valence-electron chi connectivity index (χ4n) is 2.12. The van der Waals surface area contributed by atoms with Gasteiger partial charge in [-0.2, -0.15) is 5.26 Å². The lowest BCUT2D eigenvalue weighted by atomic mass is 9.96. The van der Waals surface area contributed by atoms with Gasteiger partial charge in [0.15, 0.2) is 0 Å². The molecule has 0 bridgehead atoms. The molecule has 1 aliphatic heterocycles. The van der Waals surface area contributed by atoms with Gasteiger partial charge in [0.2, 0.25) is 0 Å². The zero-order valence-corrected chi connectivity index (χ0v) is 8.22. The SMILES string of the molecule is CN1CCC(C#N)[C@H]1c1cccnc1. The number of nitriles is 1. The highest BCUT2D eigenvalue weighted by Gasteiger charge is 2.32. The van der Waals surface area contributed by atoms with E-state index in [0.717, 1.165) is 18.5 Å². The average molecular weight is 187 g/mol. The van der Waals surface area contributed by atoms with Crippen LogP contribution in [0.4, 0.5) is 0 Å². The first-order valence-electron chi connectivity index (χ1n) is 4.82. The molecule has 0 spiro atoms. The van der Waals surface area contributed by atoms with Gasteiger partial charge in [0.1, 0.15) is 0 Å². The Hall–Kier alpha value is -1.40. The molecule has 0 N–H and O–H groups in total. The fraction of sp³-hybridized carbons (Fsp3) is 0.455. The standard InChI is InChI=1S/C11H13N3/c1-14-6-4-9(7-12)11(14)10-3-2-5-13-8-10/h2-3,5,8-9,11H,4,6H2,1H3/t9?,11-/m0/s1. The Morgan fingerprint density at radius 3 is 3.14 bits per heavy atom. The first-order valence-corrected chi connectivity index (χ1v) is 4.82. The maximum Gasteiger partial charge on any atom is 0.0676 e. The Morgan fingerprint density at radius 2 is 2.50 bits per heavy atom. The van der Waals surface area contributed by atoms with Crippen molar-refractivity contribution in [3.05, 3.63) is 30.1 Å². The molecule has 2 heterocycles. The fourth-order valence-corrected chi connectivity index (χ4v) is 2.12. The van der Waals surface area contributed by atoms with Gasteiger partial charge in [-0.25, -0.2) is 0 Å². The van der Waals surface area contributed by atoms with E-state index in [2.05, 4.69) is 23.0 Å². The van der Waals surface area contributed by atoms with E-state index in [1.807, 2.05) is 18.3 Å². The summed E-state index contributed by atoms with van der Waals surface area (Å²) in [7, 11) is 2.06. The van der Waals surface area contributed by atoms with Crippen LogP contribution in [0.2, 0.25) is 0 Å². The minimum atomic E-state index is 0.115. The maximum absolute atomic E-state index is 9.02. The van der Waals surface area contributed by atoms with Gasteiger partial charge in [-0.3, -0.25) is 9.88 Å². The average Bonchev–Trinajstić information content (AvgIpc) is 2.61. The number of likely N-dealkylation sites (tertiary alicyclic amines) is 1. The summed E-state index contributed by atoms with van der Waals surface area (Å²) in [6.45, 7) is 0.998. The number of aromatic nitrogens is 1. The Morgan fingerprint density at radius 1 is 1.64 bits per heavy atom. The molecule has 0 saturated carbocycles. The van der Waals surface area contributed by atoms with Gasteiger partial charge in [0.25, 0.3) is 0 Å². The van der Waals surface area contributed by atoms with Crippen LogP contribution in [0.25, 0.3) is 0 Å². The van der Waals surface area contributed by atoms with Crippen molar-refractivity contribution in [3.63, 3.8) is 0 Å². The van der Waals surface area contributed by atoms with E-state index in [-0.39, 0.29) is 12.0 Å². The summed E-state index contributed by atoms with van der Waals surface area (Å²) >= 11 is 0. The third kappa shape index (κ3) is 1.49. The van der Waals surface area contributed by atoms with Crippen molar-refractivity contribution in [2.75, 3.05) is 13.6 Å². The molecule has 2 atom stereocenters. The van der Waals surface area contributed by atoms with E-state index in [9.17, 15) is 0 Å². The van der Waals surface area contributed by atoms with Crippen molar-refractivity contribution >= 4 is 0 Å². The lowest BCUT2D eigenvalue weighted by Gasteiger charge is -2.21. The number of pyridine rings is 1. The molecule has 1 aromatic heterocycles. The molecule has 72 valence electrons. The van der Waals surface area contributed by atoms with Crippen molar-refractivity contribution in [1.29, 1.82) is 5.26 Å². The molecule has 2 rings (SSSR count). The molecule has 0 aromatic carbocycles. The van der Waals surface area contributed by atoms with Crippen molar-refractivity contribution in [1.82, 2.24) is 9.88 Å². The van der Waals surface area contributed by atoms with Crippen LogP contribution < -0.4 is 0 Å². The highest BCUT2D eigenvalue weighted by Crippen LogP contribution is 2.34. The quantitative estimate of drug-likeness (QED) is 0.670. The minimum Gasteiger partial charge on any atom is -0.298 e. The topological polar surface area (TPSA) is 39.9 Å². The summed E-state index contributed by atoms with van der Waals surface area (Å²) in [5.74, 6) is 0.115. The number of rotatable bonds is 1. The zero-order chi connectivity index (χ0) is 9.97. The molecule has 14 heavy (non-hydrogen) atoms. The number of hydrogen-bond donors (Lipinski definition) is 0. The smallest absolute Gasteiger partial charge is 0.0676 e. The summed E-state index contributed by atoms with van der Waals surface area (Å²) < 4.78 is 0. The van der Waals surface area contributed by atoms with E-state index >= 15 is 0 Å². The van der Waals surface area contributed by atoms with Crippen LogP contribution in [0.3, 0.4) is 0 Å². The van der Waals surface area contributed by atoms with Crippen LogP contribution in [0.5, 0.6) is 0 Å². The van der Waals surface area contributed by atoms with Crippen molar-refractivity contribution < 1.29 is 0 Å². The van der Waals surface area contributed by atoms with Crippen LogP contribution in [0.1, 0.15) is 18.0 Å². The van der Waals surface area contributed by atoms with Gasteiger partial charge < -0.3 is 0 Å². The molecule has 0 radical (unpaired) electrons. The Bertz CT molecular complexity index is 341. The second-order valence-corrected chi connectivity index (χ2v) is 3.74. The van der Waals surface area contributed by atoms with Gasteiger partial charge in [0, 0.05) is 12.4 Å². The molecule has 1 unspecified atom stereocenters. The van der Waals surface area contributed by atoms with Crippen molar-refractivity contribution in [2.45, 2.75) is 12.5 Å². The van der Waals surface area contributed by atoms with E-state index < -0.39 is 0 Å². The van der Waals surface area contributed by atoms with E-state index in [1.54, 1.807) is 6.20 Å². The molecule has 3 nitrogen and oxygen atoms in total. The second-order valence-electron chi connectivity index (χ2n) is 3.74. The third-order valence-corrected chi connectivity index (χ3v) is 2.84. The molecule has 1 aromatic rings. The number of hydrogen-bond acceptors (Lipinski definition) is 3. The molecule has 1 fully saturated rings. The molecule has 0 amide bonds. The van der Waals surface area contributed by atoms with E-state index in [1.165, 1.54) is 0 Å². The largest absolute Gasteiger partial charge is 0.298 e. The predicted octanol–water partition coefficient (Wildman–Crippen LogP) is 1.60. The summed E-state index contributed by atoms with van der Waals surface area (Å²) in [6, 6.07) is 6.58. The first kappa shape index (κ1) is 9.17. The first-order chi connectivity index (χ1) is 6.83. The van der Waals surface area contributed by atoms with Gasteiger partial charge in [-0.05, 0) is 31.6 Å². The van der Waals surface area contributed by atoms with Crippen molar-refractivity contribution in [3.8, 4) is 6.07 Å².